The summed E-state index contributed by atoms with van der Waals surface area (Å²) in [5.74, 6) is 0.439. The predicted molar refractivity (Wildman–Crippen MR) is 91.5 cm³/mol. The molecule has 0 saturated heterocycles. The van der Waals surface area contributed by atoms with Gasteiger partial charge in [0, 0.05) is 5.70 Å². The summed E-state index contributed by atoms with van der Waals surface area (Å²) in [4.78, 5) is 17.1. The van der Waals surface area contributed by atoms with Crippen LogP contribution < -0.4 is 5.32 Å². The molecule has 0 fully saturated rings. The standard InChI is InChI=1S/C18H21FN4O2/c1-4-6-14-15(17(24)25-5-2)16(12-7-9-13(19)10-8-12)23-18(21-14)20-11(3)22-23/h7-10,16H,4-6H2,1-3H3,(H,20,21,22)/t16-/m1/s1. The third kappa shape index (κ3) is 3.26. The SMILES string of the molecule is CCCC1=C(C(=O)OCC)[C@@H](c2ccc(F)cc2)n2nc(C)nc2N1. The molecular weight excluding hydrogens is 323 g/mol. The second-order valence-corrected chi connectivity index (χ2v) is 5.87. The van der Waals surface area contributed by atoms with Crippen molar-refractivity contribution in [3.05, 3.63) is 52.7 Å². The maximum atomic E-state index is 13.4. The molecule has 132 valence electrons. The van der Waals surface area contributed by atoms with Crippen LogP contribution in [0.3, 0.4) is 0 Å². The number of anilines is 1. The number of hydrogen-bond acceptors (Lipinski definition) is 5. The zero-order valence-corrected chi connectivity index (χ0v) is 14.5. The van der Waals surface area contributed by atoms with E-state index in [-0.39, 0.29) is 12.4 Å². The number of fused-ring (bicyclic) bond motifs is 1. The highest BCUT2D eigenvalue weighted by atomic mass is 19.1. The van der Waals surface area contributed by atoms with Gasteiger partial charge in [0.15, 0.2) is 0 Å². The molecule has 1 N–H and O–H groups in total. The molecule has 3 rings (SSSR count). The van der Waals surface area contributed by atoms with Crippen LogP contribution in [0.4, 0.5) is 10.3 Å². The van der Waals surface area contributed by atoms with Crippen molar-refractivity contribution in [3.63, 3.8) is 0 Å². The van der Waals surface area contributed by atoms with Crippen molar-refractivity contribution in [2.75, 3.05) is 11.9 Å². The van der Waals surface area contributed by atoms with E-state index in [4.69, 9.17) is 4.74 Å². The molecule has 0 radical (unpaired) electrons. The average Bonchev–Trinajstić information content (AvgIpc) is 2.95. The lowest BCUT2D eigenvalue weighted by molar-refractivity contribution is -0.139. The summed E-state index contributed by atoms with van der Waals surface area (Å²) < 4.78 is 20.3. The molecule has 1 atom stereocenters. The summed E-state index contributed by atoms with van der Waals surface area (Å²) in [7, 11) is 0. The van der Waals surface area contributed by atoms with E-state index in [1.807, 2.05) is 6.92 Å². The molecule has 1 aromatic carbocycles. The predicted octanol–water partition coefficient (Wildman–Crippen LogP) is 3.36. The normalized spacial score (nSPS) is 16.4. The van der Waals surface area contributed by atoms with Crippen molar-refractivity contribution in [2.24, 2.45) is 0 Å². The number of rotatable bonds is 5. The largest absolute Gasteiger partial charge is 0.463 e. The monoisotopic (exact) mass is 344 g/mol. The van der Waals surface area contributed by atoms with E-state index in [0.717, 1.165) is 17.7 Å². The van der Waals surface area contributed by atoms with E-state index in [9.17, 15) is 9.18 Å². The Balaban J connectivity index is 2.18. The first kappa shape index (κ1) is 17.1. The number of benzene rings is 1. The summed E-state index contributed by atoms with van der Waals surface area (Å²) in [6.07, 6.45) is 1.53. The first-order valence-corrected chi connectivity index (χ1v) is 8.41. The van der Waals surface area contributed by atoms with Crippen molar-refractivity contribution in [2.45, 2.75) is 39.7 Å². The second kappa shape index (κ2) is 7.04. The highest BCUT2D eigenvalue weighted by Crippen LogP contribution is 2.37. The average molecular weight is 344 g/mol. The van der Waals surface area contributed by atoms with E-state index >= 15 is 0 Å². The van der Waals surface area contributed by atoms with Crippen molar-refractivity contribution in [1.29, 1.82) is 0 Å². The third-order valence-corrected chi connectivity index (χ3v) is 4.02. The summed E-state index contributed by atoms with van der Waals surface area (Å²) in [6.45, 7) is 5.88. The Morgan fingerprint density at radius 1 is 1.32 bits per heavy atom. The minimum atomic E-state index is -0.501. The van der Waals surface area contributed by atoms with Crippen LogP contribution in [0.1, 0.15) is 44.1 Å². The maximum Gasteiger partial charge on any atom is 0.338 e. The quantitative estimate of drug-likeness (QED) is 0.842. The van der Waals surface area contributed by atoms with Crippen molar-refractivity contribution in [3.8, 4) is 0 Å². The first-order valence-electron chi connectivity index (χ1n) is 8.41. The summed E-state index contributed by atoms with van der Waals surface area (Å²) in [5, 5.41) is 7.64. The Morgan fingerprint density at radius 2 is 2.04 bits per heavy atom. The van der Waals surface area contributed by atoms with Gasteiger partial charge in [-0.2, -0.15) is 10.1 Å². The molecule has 2 heterocycles. The Labute approximate surface area is 145 Å². The van der Waals surface area contributed by atoms with Gasteiger partial charge in [0.05, 0.1) is 12.2 Å². The molecule has 1 aliphatic rings. The molecule has 1 aliphatic heterocycles. The molecule has 0 saturated carbocycles. The molecular formula is C18H21FN4O2. The molecule has 1 aromatic heterocycles. The minimum Gasteiger partial charge on any atom is -0.463 e. The van der Waals surface area contributed by atoms with Gasteiger partial charge in [0.2, 0.25) is 5.95 Å². The number of aromatic nitrogens is 3. The Kier molecular flexibility index (Phi) is 4.83. The Hall–Kier alpha value is -2.70. The number of ether oxygens (including phenoxy) is 1. The highest BCUT2D eigenvalue weighted by molar-refractivity contribution is 5.92. The summed E-state index contributed by atoms with van der Waals surface area (Å²) in [5.41, 5.74) is 2.02. The van der Waals surface area contributed by atoms with Crippen molar-refractivity contribution in [1.82, 2.24) is 14.8 Å². The van der Waals surface area contributed by atoms with Gasteiger partial charge in [-0.3, -0.25) is 0 Å². The number of aryl methyl sites for hydroxylation is 1. The summed E-state index contributed by atoms with van der Waals surface area (Å²) >= 11 is 0. The fraction of sp³-hybridized carbons (Fsp3) is 0.389. The van der Waals surface area contributed by atoms with E-state index < -0.39 is 12.0 Å². The van der Waals surface area contributed by atoms with E-state index in [1.54, 1.807) is 30.7 Å². The number of nitrogens with zero attached hydrogens (tertiary/aromatic N) is 3. The van der Waals surface area contributed by atoms with Gasteiger partial charge < -0.3 is 10.1 Å². The lowest BCUT2D eigenvalue weighted by Gasteiger charge is -2.29. The van der Waals surface area contributed by atoms with Gasteiger partial charge in [-0.05, 0) is 38.0 Å². The zero-order valence-electron chi connectivity index (χ0n) is 14.5. The van der Waals surface area contributed by atoms with Crippen LogP contribution in [-0.2, 0) is 9.53 Å². The third-order valence-electron chi connectivity index (χ3n) is 4.02. The number of halogens is 1. The van der Waals surface area contributed by atoms with Crippen LogP contribution in [0.15, 0.2) is 35.5 Å². The molecule has 0 amide bonds. The van der Waals surface area contributed by atoms with E-state index in [1.165, 1.54) is 12.1 Å². The molecule has 7 heteroatoms. The van der Waals surface area contributed by atoms with Gasteiger partial charge in [0.1, 0.15) is 17.7 Å². The van der Waals surface area contributed by atoms with Gasteiger partial charge in [0.25, 0.3) is 0 Å². The van der Waals surface area contributed by atoms with Gasteiger partial charge in [-0.15, -0.1) is 0 Å². The lowest BCUT2D eigenvalue weighted by atomic mass is 9.94. The highest BCUT2D eigenvalue weighted by Gasteiger charge is 2.35. The van der Waals surface area contributed by atoms with Crippen LogP contribution in [0, 0.1) is 12.7 Å². The molecule has 6 nitrogen and oxygen atoms in total. The van der Waals surface area contributed by atoms with Crippen LogP contribution in [-0.4, -0.2) is 27.3 Å². The van der Waals surface area contributed by atoms with Crippen LogP contribution in [0.2, 0.25) is 0 Å². The Bertz CT molecular complexity index is 811. The molecule has 0 spiro atoms. The molecule has 0 unspecified atom stereocenters. The number of hydrogen-bond donors (Lipinski definition) is 1. The molecule has 25 heavy (non-hydrogen) atoms. The number of allylic oxidation sites excluding steroid dienone is 1. The molecule has 0 bridgehead atoms. The topological polar surface area (TPSA) is 69.0 Å². The first-order chi connectivity index (χ1) is 12.0. The number of carbonyl (C=O) groups excluding carboxylic acids is 1. The maximum absolute atomic E-state index is 13.4. The van der Waals surface area contributed by atoms with Crippen LogP contribution in [0.25, 0.3) is 0 Å². The minimum absolute atomic E-state index is 0.279. The van der Waals surface area contributed by atoms with E-state index in [2.05, 4.69) is 15.4 Å². The number of nitrogens with one attached hydrogen (secondary N) is 1. The fourth-order valence-corrected chi connectivity index (χ4v) is 3.03. The Morgan fingerprint density at radius 3 is 2.68 bits per heavy atom. The van der Waals surface area contributed by atoms with Crippen LogP contribution in [0.5, 0.6) is 0 Å². The second-order valence-electron chi connectivity index (χ2n) is 5.87. The zero-order chi connectivity index (χ0) is 18.0. The number of carbonyl (C=O) groups is 1. The molecule has 2 aromatic rings. The van der Waals surface area contributed by atoms with Gasteiger partial charge in [-0.1, -0.05) is 25.5 Å². The molecule has 0 aliphatic carbocycles. The fourth-order valence-electron chi connectivity index (χ4n) is 3.03. The van der Waals surface area contributed by atoms with Gasteiger partial charge in [-0.25, -0.2) is 13.9 Å². The number of esters is 1. The van der Waals surface area contributed by atoms with Crippen molar-refractivity contribution < 1.29 is 13.9 Å². The smallest absolute Gasteiger partial charge is 0.338 e. The van der Waals surface area contributed by atoms with Crippen LogP contribution >= 0.6 is 0 Å². The summed E-state index contributed by atoms with van der Waals surface area (Å²) in [6, 6.07) is 5.58. The van der Waals surface area contributed by atoms with Gasteiger partial charge >= 0.3 is 5.97 Å². The van der Waals surface area contributed by atoms with Crippen molar-refractivity contribution >= 4 is 11.9 Å². The lowest BCUT2D eigenvalue weighted by Crippen LogP contribution is -2.30. The van der Waals surface area contributed by atoms with E-state index in [0.29, 0.717) is 23.8 Å².